The van der Waals surface area contributed by atoms with Crippen LogP contribution in [0.3, 0.4) is 0 Å². The maximum Gasteiger partial charge on any atom is 0.250 e. The lowest BCUT2D eigenvalue weighted by atomic mass is 10.2. The van der Waals surface area contributed by atoms with Crippen LogP contribution >= 0.6 is 23.2 Å². The van der Waals surface area contributed by atoms with Gasteiger partial charge in [0.2, 0.25) is 17.8 Å². The summed E-state index contributed by atoms with van der Waals surface area (Å²) < 4.78 is 24.6. The van der Waals surface area contributed by atoms with Crippen LogP contribution < -0.4 is 25.1 Å². The SMILES string of the molecule is COc1cc(C=NNc2nc(Nc3ccc(F)cc3)nc(N(C)C)n2)ccc1OCc1ccc(Cl)cc1Cl. The van der Waals surface area contributed by atoms with Gasteiger partial charge in [0.25, 0.3) is 0 Å². The van der Waals surface area contributed by atoms with Gasteiger partial charge in [0.15, 0.2) is 11.5 Å². The molecule has 0 saturated heterocycles. The molecule has 0 unspecified atom stereocenters. The first-order valence-corrected chi connectivity index (χ1v) is 12.1. The summed E-state index contributed by atoms with van der Waals surface area (Å²) in [6.45, 7) is 0.253. The van der Waals surface area contributed by atoms with Gasteiger partial charge >= 0.3 is 0 Å². The van der Waals surface area contributed by atoms with E-state index >= 15 is 0 Å². The van der Waals surface area contributed by atoms with Crippen molar-refractivity contribution in [2.75, 3.05) is 36.8 Å². The Bertz CT molecular complexity index is 1440. The van der Waals surface area contributed by atoms with E-state index in [1.54, 1.807) is 68.7 Å². The minimum absolute atomic E-state index is 0.219. The Morgan fingerprint density at radius 1 is 0.947 bits per heavy atom. The van der Waals surface area contributed by atoms with E-state index in [9.17, 15) is 4.39 Å². The number of hydrogen-bond acceptors (Lipinski definition) is 9. The molecule has 4 rings (SSSR count). The van der Waals surface area contributed by atoms with Crippen LogP contribution in [-0.4, -0.2) is 42.4 Å². The zero-order valence-corrected chi connectivity index (χ0v) is 22.3. The first-order valence-electron chi connectivity index (χ1n) is 11.3. The van der Waals surface area contributed by atoms with E-state index in [0.717, 1.165) is 11.1 Å². The predicted octanol–water partition coefficient (Wildman–Crippen LogP) is 6.16. The summed E-state index contributed by atoms with van der Waals surface area (Å²) in [5, 5.41) is 8.36. The van der Waals surface area contributed by atoms with Crippen molar-refractivity contribution in [3.8, 4) is 11.5 Å². The van der Waals surface area contributed by atoms with E-state index in [0.29, 0.717) is 33.2 Å². The number of nitrogens with zero attached hydrogens (tertiary/aromatic N) is 5. The lowest BCUT2D eigenvalue weighted by Crippen LogP contribution is -2.15. The molecule has 3 aromatic carbocycles. The molecule has 38 heavy (non-hydrogen) atoms. The van der Waals surface area contributed by atoms with Gasteiger partial charge in [0.1, 0.15) is 12.4 Å². The third-order valence-electron chi connectivity index (χ3n) is 5.09. The third-order valence-corrected chi connectivity index (χ3v) is 5.68. The van der Waals surface area contributed by atoms with Crippen molar-refractivity contribution < 1.29 is 13.9 Å². The summed E-state index contributed by atoms with van der Waals surface area (Å²) in [6.07, 6.45) is 1.59. The van der Waals surface area contributed by atoms with Crippen LogP contribution in [0.2, 0.25) is 10.0 Å². The Balaban J connectivity index is 1.45. The Labute approximate surface area is 229 Å². The molecule has 0 fully saturated rings. The van der Waals surface area contributed by atoms with Crippen molar-refractivity contribution in [2.24, 2.45) is 5.10 Å². The predicted molar refractivity (Wildman–Crippen MR) is 149 cm³/mol. The Morgan fingerprint density at radius 3 is 2.42 bits per heavy atom. The molecule has 0 bridgehead atoms. The normalized spacial score (nSPS) is 10.9. The molecule has 9 nitrogen and oxygen atoms in total. The van der Waals surface area contributed by atoms with Crippen molar-refractivity contribution in [1.29, 1.82) is 0 Å². The lowest BCUT2D eigenvalue weighted by molar-refractivity contribution is 0.284. The molecule has 0 aliphatic heterocycles. The molecular weight excluding hydrogens is 532 g/mol. The molecule has 0 atom stereocenters. The fraction of sp³-hybridized carbons (Fsp3) is 0.154. The lowest BCUT2D eigenvalue weighted by Gasteiger charge is -2.13. The average Bonchev–Trinajstić information content (AvgIpc) is 2.90. The van der Waals surface area contributed by atoms with E-state index in [-0.39, 0.29) is 24.3 Å². The van der Waals surface area contributed by atoms with Gasteiger partial charge in [-0.3, -0.25) is 0 Å². The largest absolute Gasteiger partial charge is 0.493 e. The van der Waals surface area contributed by atoms with Crippen molar-refractivity contribution >= 4 is 52.9 Å². The van der Waals surface area contributed by atoms with E-state index < -0.39 is 0 Å². The quantitative estimate of drug-likeness (QED) is 0.177. The van der Waals surface area contributed by atoms with Crippen molar-refractivity contribution in [3.63, 3.8) is 0 Å². The number of ether oxygens (including phenoxy) is 2. The third kappa shape index (κ3) is 7.21. The highest BCUT2D eigenvalue weighted by Crippen LogP contribution is 2.30. The van der Waals surface area contributed by atoms with Gasteiger partial charge in [0.05, 0.1) is 13.3 Å². The molecule has 196 valence electrons. The van der Waals surface area contributed by atoms with Crippen LogP contribution in [0.25, 0.3) is 0 Å². The zero-order valence-electron chi connectivity index (χ0n) is 20.7. The highest BCUT2D eigenvalue weighted by molar-refractivity contribution is 6.35. The topological polar surface area (TPSA) is 96.8 Å². The van der Waals surface area contributed by atoms with Crippen molar-refractivity contribution in [2.45, 2.75) is 6.61 Å². The number of halogens is 3. The van der Waals surface area contributed by atoms with Gasteiger partial charge in [-0.05, 0) is 60.2 Å². The van der Waals surface area contributed by atoms with Gasteiger partial charge in [-0.2, -0.15) is 20.1 Å². The van der Waals surface area contributed by atoms with Gasteiger partial charge < -0.3 is 19.7 Å². The molecule has 0 radical (unpaired) electrons. The molecule has 4 aromatic rings. The van der Waals surface area contributed by atoms with Gasteiger partial charge in [-0.1, -0.05) is 29.3 Å². The van der Waals surface area contributed by atoms with Gasteiger partial charge in [-0.15, -0.1) is 0 Å². The molecule has 0 saturated carbocycles. The number of rotatable bonds is 10. The Kier molecular flexibility index (Phi) is 8.77. The number of anilines is 4. The summed E-state index contributed by atoms with van der Waals surface area (Å²) in [6, 6.07) is 16.5. The van der Waals surface area contributed by atoms with Crippen LogP contribution in [0.1, 0.15) is 11.1 Å². The van der Waals surface area contributed by atoms with Crippen LogP contribution in [0, 0.1) is 5.82 Å². The summed E-state index contributed by atoms with van der Waals surface area (Å²) in [5.41, 5.74) is 4.99. The number of benzene rings is 3. The standard InChI is InChI=1S/C26H24Cl2FN7O2/c1-36(2)26-33-24(31-20-9-7-19(29)8-10-20)32-25(34-26)35-30-14-16-4-11-22(23(12-16)37-3)38-15-17-5-6-18(27)13-21(17)28/h4-14H,15H2,1-3H3,(H2,31,32,33,34,35). The molecule has 0 spiro atoms. The molecule has 12 heteroatoms. The number of methoxy groups -OCH3 is 1. The second kappa shape index (κ2) is 12.4. The van der Waals surface area contributed by atoms with Crippen LogP contribution in [0.4, 0.5) is 27.9 Å². The van der Waals surface area contributed by atoms with Crippen molar-refractivity contribution in [1.82, 2.24) is 15.0 Å². The minimum Gasteiger partial charge on any atom is -0.493 e. The molecule has 1 heterocycles. The number of nitrogens with one attached hydrogen (secondary N) is 2. The van der Waals surface area contributed by atoms with E-state index in [2.05, 4.69) is 30.8 Å². The molecule has 0 amide bonds. The molecule has 0 aliphatic rings. The monoisotopic (exact) mass is 555 g/mol. The van der Waals surface area contributed by atoms with Gasteiger partial charge in [-0.25, -0.2) is 9.82 Å². The van der Waals surface area contributed by atoms with Crippen LogP contribution in [0.15, 0.2) is 65.8 Å². The first-order chi connectivity index (χ1) is 18.3. The molecule has 2 N–H and O–H groups in total. The highest BCUT2D eigenvalue weighted by atomic mass is 35.5. The number of hydrogen-bond donors (Lipinski definition) is 2. The van der Waals surface area contributed by atoms with Crippen LogP contribution in [-0.2, 0) is 6.61 Å². The summed E-state index contributed by atoms with van der Waals surface area (Å²) >= 11 is 12.2. The van der Waals surface area contributed by atoms with Crippen LogP contribution in [0.5, 0.6) is 11.5 Å². The Hall–Kier alpha value is -4.15. The van der Waals surface area contributed by atoms with E-state index in [4.69, 9.17) is 32.7 Å². The fourth-order valence-electron chi connectivity index (χ4n) is 3.18. The second-order valence-corrected chi connectivity index (χ2v) is 8.96. The van der Waals surface area contributed by atoms with E-state index in [1.807, 2.05) is 12.1 Å². The van der Waals surface area contributed by atoms with Crippen molar-refractivity contribution in [3.05, 3.63) is 87.7 Å². The first kappa shape index (κ1) is 26.9. The maximum absolute atomic E-state index is 13.2. The fourth-order valence-corrected chi connectivity index (χ4v) is 3.64. The maximum atomic E-state index is 13.2. The molecule has 0 aliphatic carbocycles. The zero-order chi connectivity index (χ0) is 27.1. The van der Waals surface area contributed by atoms with E-state index in [1.165, 1.54) is 12.1 Å². The number of aromatic nitrogens is 3. The highest BCUT2D eigenvalue weighted by Gasteiger charge is 2.10. The number of hydrazone groups is 1. The minimum atomic E-state index is -0.334. The van der Waals surface area contributed by atoms with Gasteiger partial charge in [0, 0.05) is 35.4 Å². The average molecular weight is 556 g/mol. The summed E-state index contributed by atoms with van der Waals surface area (Å²) in [5.74, 6) is 1.65. The second-order valence-electron chi connectivity index (χ2n) is 8.11. The Morgan fingerprint density at radius 2 is 1.71 bits per heavy atom. The summed E-state index contributed by atoms with van der Waals surface area (Å²) in [7, 11) is 5.17. The smallest absolute Gasteiger partial charge is 0.250 e. The molecular formula is C26H24Cl2FN7O2. The molecule has 1 aromatic heterocycles. The summed E-state index contributed by atoms with van der Waals surface area (Å²) in [4.78, 5) is 14.8.